The first-order chi connectivity index (χ1) is 9.99. The minimum atomic E-state index is 0. The van der Waals surface area contributed by atoms with Gasteiger partial charge in [0.15, 0.2) is 0 Å². The van der Waals surface area contributed by atoms with Crippen LogP contribution in [0.15, 0.2) is 0 Å². The first-order valence-electron chi connectivity index (χ1n) is 8.02. The second-order valence-corrected chi connectivity index (χ2v) is 6.28. The van der Waals surface area contributed by atoms with Gasteiger partial charge in [0.2, 0.25) is 11.8 Å². The van der Waals surface area contributed by atoms with Crippen LogP contribution in [-0.4, -0.2) is 77.9 Å². The van der Waals surface area contributed by atoms with Crippen LogP contribution in [0.3, 0.4) is 0 Å². The zero-order valence-electron chi connectivity index (χ0n) is 13.7. The maximum Gasteiger partial charge on any atom is 0.236 e. The number of piperazine rings is 1. The molecule has 2 amide bonds. The lowest BCUT2D eigenvalue weighted by Crippen LogP contribution is -2.55. The van der Waals surface area contributed by atoms with Crippen LogP contribution in [0, 0.1) is 0 Å². The lowest BCUT2D eigenvalue weighted by Gasteiger charge is -2.40. The maximum absolute atomic E-state index is 12.5. The maximum atomic E-state index is 12.5. The van der Waals surface area contributed by atoms with Crippen molar-refractivity contribution in [1.82, 2.24) is 14.7 Å². The minimum Gasteiger partial charge on any atom is -0.339 e. The lowest BCUT2D eigenvalue weighted by molar-refractivity contribution is -0.139. The van der Waals surface area contributed by atoms with Gasteiger partial charge in [-0.1, -0.05) is 6.42 Å². The number of carbonyl (C=O) groups is 2. The van der Waals surface area contributed by atoms with Crippen molar-refractivity contribution in [3.8, 4) is 0 Å². The summed E-state index contributed by atoms with van der Waals surface area (Å²) in [5, 5.41) is 0. The van der Waals surface area contributed by atoms with Crippen molar-refractivity contribution in [2.75, 3.05) is 39.3 Å². The van der Waals surface area contributed by atoms with Crippen LogP contribution in [0.1, 0.15) is 33.1 Å². The van der Waals surface area contributed by atoms with Crippen LogP contribution in [0.4, 0.5) is 0 Å². The molecule has 0 bridgehead atoms. The third-order valence-electron chi connectivity index (χ3n) is 4.69. The van der Waals surface area contributed by atoms with Gasteiger partial charge < -0.3 is 15.5 Å². The van der Waals surface area contributed by atoms with Gasteiger partial charge in [-0.3, -0.25) is 14.5 Å². The summed E-state index contributed by atoms with van der Waals surface area (Å²) in [6, 6.07) is 0.425. The first kappa shape index (κ1) is 19.2. The third-order valence-corrected chi connectivity index (χ3v) is 4.69. The molecule has 0 aromatic rings. The fourth-order valence-electron chi connectivity index (χ4n) is 3.35. The van der Waals surface area contributed by atoms with E-state index in [2.05, 4.69) is 4.90 Å². The largest absolute Gasteiger partial charge is 0.339 e. The van der Waals surface area contributed by atoms with E-state index in [-0.39, 0.29) is 30.3 Å². The van der Waals surface area contributed by atoms with Crippen LogP contribution in [0.5, 0.6) is 0 Å². The highest BCUT2D eigenvalue weighted by Gasteiger charge is 2.29. The minimum absolute atomic E-state index is 0. The fourth-order valence-corrected chi connectivity index (χ4v) is 3.35. The van der Waals surface area contributed by atoms with Crippen molar-refractivity contribution in [3.63, 3.8) is 0 Å². The number of likely N-dealkylation sites (tertiary alicyclic amines) is 1. The van der Waals surface area contributed by atoms with Gasteiger partial charge in [-0.2, -0.15) is 0 Å². The number of nitrogens with two attached hydrogens (primary N) is 1. The Hall–Kier alpha value is -0.850. The molecule has 0 radical (unpaired) electrons. The molecule has 0 aliphatic carbocycles. The van der Waals surface area contributed by atoms with E-state index < -0.39 is 0 Å². The molecular weight excluding hydrogens is 304 g/mol. The molecule has 0 aromatic carbocycles. The molecule has 0 saturated carbocycles. The molecular formula is C15H29ClN4O2. The Balaban J connectivity index is 0.00000242. The molecule has 7 heteroatoms. The quantitative estimate of drug-likeness (QED) is 0.807. The monoisotopic (exact) mass is 332 g/mol. The number of hydrogen-bond donors (Lipinski definition) is 1. The standard InChI is InChI=1S/C15H28N4O2.ClH/c1-12(16)14-5-3-4-6-19(14)11-15(21)18-9-7-17(8-10-18)13(2)20;/h12,14H,3-11,16H2,1-2H3;1H. The zero-order valence-corrected chi connectivity index (χ0v) is 14.5. The van der Waals surface area contributed by atoms with Gasteiger partial charge in [0.05, 0.1) is 6.54 Å². The summed E-state index contributed by atoms with van der Waals surface area (Å²) in [5.74, 6) is 0.265. The normalized spacial score (nSPS) is 24.6. The molecule has 22 heavy (non-hydrogen) atoms. The van der Waals surface area contributed by atoms with E-state index in [9.17, 15) is 9.59 Å². The number of amides is 2. The Morgan fingerprint density at radius 2 is 1.68 bits per heavy atom. The molecule has 2 aliphatic rings. The smallest absolute Gasteiger partial charge is 0.236 e. The Morgan fingerprint density at radius 1 is 1.09 bits per heavy atom. The summed E-state index contributed by atoms with van der Waals surface area (Å²) < 4.78 is 0. The van der Waals surface area contributed by atoms with E-state index in [0.29, 0.717) is 38.8 Å². The lowest BCUT2D eigenvalue weighted by atomic mass is 9.97. The van der Waals surface area contributed by atoms with Gasteiger partial charge >= 0.3 is 0 Å². The molecule has 128 valence electrons. The number of halogens is 1. The Morgan fingerprint density at radius 3 is 2.23 bits per heavy atom. The molecule has 0 spiro atoms. The molecule has 2 aliphatic heterocycles. The number of piperidine rings is 1. The second kappa shape index (κ2) is 8.70. The van der Waals surface area contributed by atoms with Crippen molar-refractivity contribution in [3.05, 3.63) is 0 Å². The van der Waals surface area contributed by atoms with Gasteiger partial charge in [0.25, 0.3) is 0 Å². The van der Waals surface area contributed by atoms with Gasteiger partial charge in [-0.25, -0.2) is 0 Å². The van der Waals surface area contributed by atoms with Crippen molar-refractivity contribution < 1.29 is 9.59 Å². The number of nitrogens with zero attached hydrogens (tertiary/aromatic N) is 3. The number of carbonyl (C=O) groups excluding carboxylic acids is 2. The predicted molar refractivity (Wildman–Crippen MR) is 88.9 cm³/mol. The molecule has 2 heterocycles. The van der Waals surface area contributed by atoms with E-state index in [0.717, 1.165) is 19.4 Å². The summed E-state index contributed by atoms with van der Waals surface area (Å²) >= 11 is 0. The molecule has 2 N–H and O–H groups in total. The van der Waals surface area contributed by atoms with Gasteiger partial charge in [0.1, 0.15) is 0 Å². The molecule has 6 nitrogen and oxygen atoms in total. The predicted octanol–water partition coefficient (Wildman–Crippen LogP) is 0.301. The molecule has 0 aromatic heterocycles. The molecule has 2 saturated heterocycles. The van der Waals surface area contributed by atoms with E-state index in [1.165, 1.54) is 6.42 Å². The number of rotatable bonds is 3. The van der Waals surface area contributed by atoms with E-state index in [1.807, 2.05) is 11.8 Å². The fraction of sp³-hybridized carbons (Fsp3) is 0.867. The van der Waals surface area contributed by atoms with Gasteiger partial charge in [0, 0.05) is 45.2 Å². The average Bonchev–Trinajstić information content (AvgIpc) is 2.47. The van der Waals surface area contributed by atoms with Crippen LogP contribution in [0.2, 0.25) is 0 Å². The van der Waals surface area contributed by atoms with Crippen molar-refractivity contribution in [1.29, 1.82) is 0 Å². The molecule has 2 fully saturated rings. The SMILES string of the molecule is CC(=O)N1CCN(C(=O)CN2CCCCC2C(C)N)CC1.Cl. The number of hydrogen-bond acceptors (Lipinski definition) is 4. The van der Waals surface area contributed by atoms with Crippen LogP contribution in [0.25, 0.3) is 0 Å². The van der Waals surface area contributed by atoms with E-state index >= 15 is 0 Å². The highest BCUT2D eigenvalue weighted by molar-refractivity contribution is 5.85. The molecule has 2 rings (SSSR count). The highest BCUT2D eigenvalue weighted by Crippen LogP contribution is 2.19. The van der Waals surface area contributed by atoms with E-state index in [4.69, 9.17) is 5.73 Å². The van der Waals surface area contributed by atoms with Crippen LogP contribution < -0.4 is 5.73 Å². The second-order valence-electron chi connectivity index (χ2n) is 6.28. The summed E-state index contributed by atoms with van der Waals surface area (Å²) in [7, 11) is 0. The third kappa shape index (κ3) is 4.83. The summed E-state index contributed by atoms with van der Waals surface area (Å²) in [5.41, 5.74) is 6.05. The summed E-state index contributed by atoms with van der Waals surface area (Å²) in [6.07, 6.45) is 3.44. The van der Waals surface area contributed by atoms with Gasteiger partial charge in [-0.15, -0.1) is 12.4 Å². The van der Waals surface area contributed by atoms with Crippen LogP contribution >= 0.6 is 12.4 Å². The Labute approximate surface area is 139 Å². The topological polar surface area (TPSA) is 69.9 Å². The van der Waals surface area contributed by atoms with Gasteiger partial charge in [-0.05, 0) is 26.3 Å². The highest BCUT2D eigenvalue weighted by atomic mass is 35.5. The molecule has 2 unspecified atom stereocenters. The first-order valence-corrected chi connectivity index (χ1v) is 8.02. The zero-order chi connectivity index (χ0) is 15.4. The molecule has 2 atom stereocenters. The van der Waals surface area contributed by atoms with Crippen molar-refractivity contribution in [2.45, 2.75) is 45.2 Å². The Kier molecular flexibility index (Phi) is 7.59. The van der Waals surface area contributed by atoms with E-state index in [1.54, 1.807) is 11.8 Å². The summed E-state index contributed by atoms with van der Waals surface area (Å²) in [6.45, 7) is 7.63. The van der Waals surface area contributed by atoms with Crippen molar-refractivity contribution in [2.24, 2.45) is 5.73 Å². The Bertz CT molecular complexity index is 384. The van der Waals surface area contributed by atoms with Crippen LogP contribution in [-0.2, 0) is 9.59 Å². The average molecular weight is 333 g/mol. The summed E-state index contributed by atoms with van der Waals surface area (Å²) in [4.78, 5) is 29.7. The van der Waals surface area contributed by atoms with Crippen molar-refractivity contribution >= 4 is 24.2 Å².